The third-order valence-electron chi connectivity index (χ3n) is 7.98. The number of anilines is 2. The van der Waals surface area contributed by atoms with Gasteiger partial charge in [-0.05, 0) is 73.6 Å². The van der Waals surface area contributed by atoms with Crippen molar-refractivity contribution >= 4 is 11.4 Å². The minimum Gasteiger partial charge on any atom is -0.382 e. The van der Waals surface area contributed by atoms with Crippen LogP contribution >= 0.6 is 0 Å². The zero-order chi connectivity index (χ0) is 19.9. The molecule has 2 heteroatoms. The Kier molecular flexibility index (Phi) is 8.11. The van der Waals surface area contributed by atoms with E-state index in [0.717, 1.165) is 23.7 Å². The smallest absolute Gasteiger partial charge is 0.0343 e. The van der Waals surface area contributed by atoms with E-state index in [-0.39, 0.29) is 0 Å². The summed E-state index contributed by atoms with van der Waals surface area (Å²) in [5.41, 5.74) is 2.60. The highest BCUT2D eigenvalue weighted by molar-refractivity contribution is 5.54. The summed E-state index contributed by atoms with van der Waals surface area (Å²) in [6, 6.07) is 10.5. The molecule has 0 spiro atoms. The van der Waals surface area contributed by atoms with Crippen molar-refractivity contribution in [2.24, 2.45) is 23.7 Å². The van der Waals surface area contributed by atoms with E-state index in [0.29, 0.717) is 12.1 Å². The van der Waals surface area contributed by atoms with E-state index in [1.807, 2.05) is 0 Å². The van der Waals surface area contributed by atoms with Gasteiger partial charge in [-0.1, -0.05) is 66.2 Å². The normalized spacial score (nSPS) is 30.4. The molecule has 0 saturated heterocycles. The zero-order valence-electron chi connectivity index (χ0n) is 18.8. The van der Waals surface area contributed by atoms with E-state index in [1.165, 1.54) is 75.6 Å². The van der Waals surface area contributed by atoms with Crippen molar-refractivity contribution in [1.29, 1.82) is 0 Å². The van der Waals surface area contributed by atoms with E-state index in [1.54, 1.807) is 0 Å². The minimum atomic E-state index is 0.649. The number of hydrogen-bond acceptors (Lipinski definition) is 2. The molecule has 0 radical (unpaired) electrons. The van der Waals surface area contributed by atoms with E-state index in [9.17, 15) is 0 Å². The topological polar surface area (TPSA) is 24.1 Å². The first-order valence-electron chi connectivity index (χ1n) is 12.3. The van der Waals surface area contributed by atoms with Gasteiger partial charge in [-0.3, -0.25) is 0 Å². The summed E-state index contributed by atoms with van der Waals surface area (Å²) in [6.07, 6.45) is 13.6. The quantitative estimate of drug-likeness (QED) is 0.479. The molecule has 0 heterocycles. The summed E-state index contributed by atoms with van der Waals surface area (Å²) < 4.78 is 0. The lowest BCUT2D eigenvalue weighted by atomic mass is 9.76. The Morgan fingerprint density at radius 1 is 0.679 bits per heavy atom. The molecular weight excluding hydrogens is 340 g/mol. The minimum absolute atomic E-state index is 0.649. The predicted octanol–water partition coefficient (Wildman–Crippen LogP) is 7.72. The van der Waals surface area contributed by atoms with Crippen LogP contribution in [0.4, 0.5) is 11.4 Å². The molecule has 2 fully saturated rings. The van der Waals surface area contributed by atoms with Crippen molar-refractivity contribution in [2.45, 2.75) is 104 Å². The first-order valence-corrected chi connectivity index (χ1v) is 12.3. The van der Waals surface area contributed by atoms with Crippen molar-refractivity contribution < 1.29 is 0 Å². The second kappa shape index (κ2) is 10.6. The van der Waals surface area contributed by atoms with E-state index in [2.05, 4.69) is 62.6 Å². The summed E-state index contributed by atoms with van der Waals surface area (Å²) in [5.74, 6) is 3.30. The Morgan fingerprint density at radius 3 is 1.39 bits per heavy atom. The summed E-state index contributed by atoms with van der Waals surface area (Å²) in [4.78, 5) is 0. The van der Waals surface area contributed by atoms with E-state index >= 15 is 0 Å². The van der Waals surface area contributed by atoms with Gasteiger partial charge in [0.25, 0.3) is 0 Å². The van der Waals surface area contributed by atoms with Crippen molar-refractivity contribution in [2.75, 3.05) is 10.6 Å². The molecule has 158 valence electrons. The second-order valence-electron chi connectivity index (χ2n) is 9.75. The fraction of sp³-hybridized carbons (Fsp3) is 0.769. The molecule has 0 amide bonds. The van der Waals surface area contributed by atoms with E-state index < -0.39 is 0 Å². The van der Waals surface area contributed by atoms with Gasteiger partial charge in [-0.15, -0.1) is 0 Å². The average Bonchev–Trinajstić information content (AvgIpc) is 2.75. The molecule has 0 aliphatic heterocycles. The molecule has 0 bridgehead atoms. The first-order chi connectivity index (χ1) is 13.6. The summed E-state index contributed by atoms with van der Waals surface area (Å²) in [5, 5.41) is 7.77. The molecule has 1 aromatic carbocycles. The molecule has 1 aromatic rings. The Hall–Kier alpha value is -1.18. The lowest BCUT2D eigenvalue weighted by Gasteiger charge is -2.37. The monoisotopic (exact) mass is 384 g/mol. The van der Waals surface area contributed by atoms with Gasteiger partial charge in [0.1, 0.15) is 0 Å². The van der Waals surface area contributed by atoms with Crippen LogP contribution in [0.2, 0.25) is 0 Å². The van der Waals surface area contributed by atoms with Gasteiger partial charge in [0, 0.05) is 23.5 Å². The number of benzene rings is 1. The van der Waals surface area contributed by atoms with Crippen molar-refractivity contribution in [3.05, 3.63) is 24.3 Å². The van der Waals surface area contributed by atoms with Crippen molar-refractivity contribution in [3.8, 4) is 0 Å². The van der Waals surface area contributed by atoms with Crippen LogP contribution in [-0.4, -0.2) is 12.1 Å². The highest BCUT2D eigenvalue weighted by Gasteiger charge is 2.29. The Bertz CT molecular complexity index is 515. The molecule has 2 N–H and O–H groups in total. The fourth-order valence-electron chi connectivity index (χ4n) is 5.74. The van der Waals surface area contributed by atoms with Gasteiger partial charge in [0.15, 0.2) is 0 Å². The van der Waals surface area contributed by atoms with Crippen LogP contribution in [0, 0.1) is 23.7 Å². The van der Waals surface area contributed by atoms with Crippen LogP contribution in [0.5, 0.6) is 0 Å². The molecule has 6 unspecified atom stereocenters. The van der Waals surface area contributed by atoms with Crippen LogP contribution in [-0.2, 0) is 0 Å². The predicted molar refractivity (Wildman–Crippen MR) is 124 cm³/mol. The lowest BCUT2D eigenvalue weighted by Crippen LogP contribution is -2.36. The Balaban J connectivity index is 1.59. The van der Waals surface area contributed by atoms with Crippen LogP contribution in [0.1, 0.15) is 91.9 Å². The third-order valence-corrected chi connectivity index (χ3v) is 7.98. The molecule has 3 rings (SSSR count). The standard InChI is InChI=1S/C26H44N2/c1-5-19(3)23-11-7-9-13-25(23)27-21-15-17-22(18-16-21)28-26-14-10-8-12-24(26)20(4)6-2/h15-20,23-28H,5-14H2,1-4H3. The van der Waals surface area contributed by atoms with Gasteiger partial charge in [0.2, 0.25) is 0 Å². The third kappa shape index (κ3) is 5.45. The number of rotatable bonds is 8. The summed E-state index contributed by atoms with van der Waals surface area (Å²) in [7, 11) is 0. The van der Waals surface area contributed by atoms with Gasteiger partial charge < -0.3 is 10.6 Å². The maximum atomic E-state index is 3.89. The lowest BCUT2D eigenvalue weighted by molar-refractivity contribution is 0.235. The van der Waals surface area contributed by atoms with Gasteiger partial charge in [-0.25, -0.2) is 0 Å². The molecule has 6 atom stereocenters. The fourth-order valence-corrected chi connectivity index (χ4v) is 5.74. The largest absolute Gasteiger partial charge is 0.382 e. The molecule has 2 aliphatic rings. The summed E-state index contributed by atoms with van der Waals surface area (Å²) in [6.45, 7) is 9.56. The highest BCUT2D eigenvalue weighted by Crippen LogP contribution is 2.35. The molecule has 2 nitrogen and oxygen atoms in total. The number of hydrogen-bond donors (Lipinski definition) is 2. The van der Waals surface area contributed by atoms with E-state index in [4.69, 9.17) is 0 Å². The van der Waals surface area contributed by atoms with Gasteiger partial charge >= 0.3 is 0 Å². The maximum absolute atomic E-state index is 3.89. The zero-order valence-corrected chi connectivity index (χ0v) is 18.8. The molecule has 2 aliphatic carbocycles. The second-order valence-corrected chi connectivity index (χ2v) is 9.75. The van der Waals surface area contributed by atoms with Crippen molar-refractivity contribution in [3.63, 3.8) is 0 Å². The average molecular weight is 385 g/mol. The van der Waals surface area contributed by atoms with Gasteiger partial charge in [0.05, 0.1) is 0 Å². The first kappa shape index (κ1) is 21.5. The number of nitrogens with one attached hydrogen (secondary N) is 2. The van der Waals surface area contributed by atoms with Crippen molar-refractivity contribution in [1.82, 2.24) is 0 Å². The maximum Gasteiger partial charge on any atom is 0.0343 e. The van der Waals surface area contributed by atoms with Crippen LogP contribution < -0.4 is 10.6 Å². The molecular formula is C26H44N2. The highest BCUT2D eigenvalue weighted by atomic mass is 14.9. The Morgan fingerprint density at radius 2 is 1.04 bits per heavy atom. The van der Waals surface area contributed by atoms with Crippen LogP contribution in [0.25, 0.3) is 0 Å². The van der Waals surface area contributed by atoms with Crippen LogP contribution in [0.3, 0.4) is 0 Å². The van der Waals surface area contributed by atoms with Crippen LogP contribution in [0.15, 0.2) is 24.3 Å². The molecule has 28 heavy (non-hydrogen) atoms. The summed E-state index contributed by atoms with van der Waals surface area (Å²) >= 11 is 0. The van der Waals surface area contributed by atoms with Gasteiger partial charge in [-0.2, -0.15) is 0 Å². The molecule has 0 aromatic heterocycles. The Labute approximate surface area is 174 Å². The molecule has 2 saturated carbocycles. The SMILES string of the molecule is CCC(C)C1CCCCC1Nc1ccc(NC2CCCCC2C(C)CC)cc1.